The van der Waals surface area contributed by atoms with Crippen LogP contribution in [0.4, 0.5) is 0 Å². The molecule has 4 rings (SSSR count). The van der Waals surface area contributed by atoms with E-state index in [1.54, 1.807) is 29.3 Å². The molecule has 4 heterocycles. The van der Waals surface area contributed by atoms with Crippen molar-refractivity contribution in [3.8, 4) is 0 Å². The highest BCUT2D eigenvalue weighted by Gasteiger charge is 2.44. The minimum atomic E-state index is -0.554. The molecule has 8 nitrogen and oxygen atoms in total. The van der Waals surface area contributed by atoms with E-state index in [2.05, 4.69) is 5.10 Å². The van der Waals surface area contributed by atoms with Crippen LogP contribution in [0.1, 0.15) is 23.4 Å². The van der Waals surface area contributed by atoms with Crippen molar-refractivity contribution >= 4 is 5.91 Å². The molecular formula is C18H21N3O5. The highest BCUT2D eigenvalue weighted by atomic mass is 16.6. The Morgan fingerprint density at radius 1 is 1.35 bits per heavy atom. The third-order valence-electron chi connectivity index (χ3n) is 4.87. The maximum atomic E-state index is 12.6. The van der Waals surface area contributed by atoms with Crippen molar-refractivity contribution in [2.45, 2.75) is 31.1 Å². The van der Waals surface area contributed by atoms with Gasteiger partial charge in [0, 0.05) is 18.8 Å². The molecule has 0 saturated carbocycles. The van der Waals surface area contributed by atoms with Crippen molar-refractivity contribution in [1.82, 2.24) is 14.7 Å². The molecular weight excluding hydrogens is 338 g/mol. The van der Waals surface area contributed by atoms with Gasteiger partial charge in [-0.05, 0) is 31.0 Å². The third kappa shape index (κ3) is 3.42. The molecule has 1 amide bonds. The summed E-state index contributed by atoms with van der Waals surface area (Å²) in [7, 11) is 0. The summed E-state index contributed by atoms with van der Waals surface area (Å²) in [6, 6.07) is 6.46. The van der Waals surface area contributed by atoms with Crippen molar-refractivity contribution in [3.63, 3.8) is 0 Å². The Balaban J connectivity index is 1.46. The highest BCUT2D eigenvalue weighted by molar-refractivity contribution is 5.91. The summed E-state index contributed by atoms with van der Waals surface area (Å²) in [4.78, 5) is 26.2. The number of nitrogens with zero attached hydrogens (tertiary/aromatic N) is 3. The van der Waals surface area contributed by atoms with Gasteiger partial charge in [0.15, 0.2) is 5.76 Å². The number of aromatic nitrogens is 2. The van der Waals surface area contributed by atoms with Gasteiger partial charge in [0.05, 0.1) is 38.7 Å². The predicted molar refractivity (Wildman–Crippen MR) is 90.8 cm³/mol. The van der Waals surface area contributed by atoms with E-state index in [4.69, 9.17) is 13.9 Å². The van der Waals surface area contributed by atoms with Gasteiger partial charge < -0.3 is 18.8 Å². The summed E-state index contributed by atoms with van der Waals surface area (Å²) < 4.78 is 18.6. The lowest BCUT2D eigenvalue weighted by molar-refractivity contribution is -0.0884. The molecule has 1 spiro atoms. The van der Waals surface area contributed by atoms with Gasteiger partial charge in [-0.1, -0.05) is 0 Å². The number of furan rings is 1. The molecule has 0 aromatic carbocycles. The van der Waals surface area contributed by atoms with E-state index < -0.39 is 5.60 Å². The van der Waals surface area contributed by atoms with Crippen LogP contribution in [0.15, 0.2) is 45.9 Å². The van der Waals surface area contributed by atoms with Gasteiger partial charge in [0.25, 0.3) is 11.5 Å². The Morgan fingerprint density at radius 2 is 2.27 bits per heavy atom. The van der Waals surface area contributed by atoms with Crippen molar-refractivity contribution in [2.24, 2.45) is 0 Å². The van der Waals surface area contributed by atoms with Crippen molar-refractivity contribution in [1.29, 1.82) is 0 Å². The Labute approximate surface area is 150 Å². The standard InChI is InChI=1S/C18H21N3O5/c22-16-4-1-7-19-21(16)11-14-5-6-18(26-14)12-20(8-10-24-13-18)17(23)15-3-2-9-25-15/h1-4,7,9,14H,5-6,8,10-13H2/t14-,18-/m0/s1. The Bertz CT molecular complexity index is 818. The number of ether oxygens (including phenoxy) is 2. The molecule has 0 aliphatic carbocycles. The average molecular weight is 359 g/mol. The summed E-state index contributed by atoms with van der Waals surface area (Å²) >= 11 is 0. The molecule has 138 valence electrons. The zero-order valence-corrected chi connectivity index (χ0v) is 14.4. The highest BCUT2D eigenvalue weighted by Crippen LogP contribution is 2.33. The molecule has 8 heteroatoms. The minimum absolute atomic E-state index is 0.134. The second-order valence-corrected chi connectivity index (χ2v) is 6.76. The van der Waals surface area contributed by atoms with Crippen molar-refractivity contribution in [3.05, 3.63) is 52.8 Å². The Hall–Kier alpha value is -2.45. The van der Waals surface area contributed by atoms with Crippen molar-refractivity contribution < 1.29 is 18.7 Å². The van der Waals surface area contributed by atoms with E-state index in [-0.39, 0.29) is 17.6 Å². The van der Waals surface area contributed by atoms with Gasteiger partial charge in [-0.25, -0.2) is 4.68 Å². The SMILES string of the molecule is O=C(c1ccco1)N1CCOC[C@]2(CC[C@@H](Cn3ncccc3=O)O2)C1. The van der Waals surface area contributed by atoms with Gasteiger partial charge in [-0.15, -0.1) is 0 Å². The number of carbonyl (C=O) groups excluding carboxylic acids is 1. The van der Waals surface area contributed by atoms with Crippen LogP contribution in [0.25, 0.3) is 0 Å². The van der Waals surface area contributed by atoms with Crippen LogP contribution < -0.4 is 5.56 Å². The van der Waals surface area contributed by atoms with Crippen LogP contribution >= 0.6 is 0 Å². The topological polar surface area (TPSA) is 86.8 Å². The van der Waals surface area contributed by atoms with Gasteiger partial charge in [-0.3, -0.25) is 9.59 Å². The number of carbonyl (C=O) groups is 1. The molecule has 2 aromatic heterocycles. The second kappa shape index (κ2) is 7.05. The molecule has 0 bridgehead atoms. The summed E-state index contributed by atoms with van der Waals surface area (Å²) in [5.41, 5.74) is -0.703. The quantitative estimate of drug-likeness (QED) is 0.810. The van der Waals surface area contributed by atoms with Crippen LogP contribution in [0.3, 0.4) is 0 Å². The van der Waals surface area contributed by atoms with Crippen LogP contribution in [0.2, 0.25) is 0 Å². The maximum absolute atomic E-state index is 12.6. The molecule has 2 aliphatic rings. The first-order valence-electron chi connectivity index (χ1n) is 8.76. The van der Waals surface area contributed by atoms with Gasteiger partial charge >= 0.3 is 0 Å². The number of hydrogen-bond acceptors (Lipinski definition) is 6. The van der Waals surface area contributed by atoms with Crippen LogP contribution in [0.5, 0.6) is 0 Å². The molecule has 2 atom stereocenters. The van der Waals surface area contributed by atoms with E-state index in [1.165, 1.54) is 17.0 Å². The van der Waals surface area contributed by atoms with E-state index >= 15 is 0 Å². The number of amides is 1. The maximum Gasteiger partial charge on any atom is 0.289 e. The minimum Gasteiger partial charge on any atom is -0.459 e. The monoisotopic (exact) mass is 359 g/mol. The Kier molecular flexibility index (Phi) is 4.60. The molecule has 2 aliphatic heterocycles. The molecule has 2 aromatic rings. The fourth-order valence-electron chi connectivity index (χ4n) is 3.60. The van der Waals surface area contributed by atoms with Gasteiger partial charge in [-0.2, -0.15) is 5.10 Å². The third-order valence-corrected chi connectivity index (χ3v) is 4.87. The lowest BCUT2D eigenvalue weighted by Crippen LogP contribution is -2.47. The lowest BCUT2D eigenvalue weighted by atomic mass is 10.00. The lowest BCUT2D eigenvalue weighted by Gasteiger charge is -2.31. The van der Waals surface area contributed by atoms with E-state index in [0.29, 0.717) is 38.6 Å². The molecule has 2 saturated heterocycles. The van der Waals surface area contributed by atoms with Gasteiger partial charge in [0.1, 0.15) is 5.60 Å². The summed E-state index contributed by atoms with van der Waals surface area (Å²) in [5, 5.41) is 4.09. The first kappa shape index (κ1) is 17.0. The molecule has 0 unspecified atom stereocenters. The molecule has 26 heavy (non-hydrogen) atoms. The largest absolute Gasteiger partial charge is 0.459 e. The smallest absolute Gasteiger partial charge is 0.289 e. The molecule has 0 N–H and O–H groups in total. The zero-order valence-electron chi connectivity index (χ0n) is 14.4. The predicted octanol–water partition coefficient (Wildman–Crippen LogP) is 0.927. The first-order valence-corrected chi connectivity index (χ1v) is 8.76. The zero-order chi connectivity index (χ0) is 18.0. The number of rotatable bonds is 3. The van der Waals surface area contributed by atoms with Crippen LogP contribution in [0, 0.1) is 0 Å². The fourth-order valence-corrected chi connectivity index (χ4v) is 3.60. The first-order chi connectivity index (χ1) is 12.7. The normalized spacial score (nSPS) is 26.2. The van der Waals surface area contributed by atoms with Gasteiger partial charge in [0.2, 0.25) is 0 Å². The summed E-state index contributed by atoms with van der Waals surface area (Å²) in [6.45, 7) is 2.23. The molecule has 0 radical (unpaired) electrons. The van der Waals surface area contributed by atoms with Crippen LogP contribution in [-0.4, -0.2) is 58.6 Å². The Morgan fingerprint density at radius 3 is 3.08 bits per heavy atom. The van der Waals surface area contributed by atoms with E-state index in [9.17, 15) is 9.59 Å². The number of hydrogen-bond donors (Lipinski definition) is 0. The van der Waals surface area contributed by atoms with Crippen LogP contribution in [-0.2, 0) is 16.0 Å². The van der Waals surface area contributed by atoms with Crippen molar-refractivity contribution in [2.75, 3.05) is 26.3 Å². The average Bonchev–Trinajstić information content (AvgIpc) is 3.25. The second-order valence-electron chi connectivity index (χ2n) is 6.76. The fraction of sp³-hybridized carbons (Fsp3) is 0.500. The van der Waals surface area contributed by atoms with E-state index in [0.717, 1.165) is 12.8 Å². The summed E-state index contributed by atoms with van der Waals surface area (Å²) in [5.74, 6) is 0.157. The summed E-state index contributed by atoms with van der Waals surface area (Å²) in [6.07, 6.45) is 4.50. The van der Waals surface area contributed by atoms with E-state index in [1.807, 2.05) is 0 Å². The molecule has 2 fully saturated rings.